The monoisotopic (exact) mass is 273 g/mol. The van der Waals surface area contributed by atoms with Crippen molar-refractivity contribution in [2.45, 2.75) is 32.4 Å². The minimum absolute atomic E-state index is 0.496. The Balaban J connectivity index is 2.04. The fourth-order valence-corrected chi connectivity index (χ4v) is 2.59. The number of aromatic nitrogens is 2. The minimum Gasteiger partial charge on any atom is -0.361 e. The first kappa shape index (κ1) is 13.8. The van der Waals surface area contributed by atoms with Crippen molar-refractivity contribution in [3.63, 3.8) is 0 Å². The van der Waals surface area contributed by atoms with E-state index in [1.54, 1.807) is 12.3 Å². The minimum atomic E-state index is -1.04. The summed E-state index contributed by atoms with van der Waals surface area (Å²) in [6, 6.07) is 6.99. The first-order valence-corrected chi connectivity index (χ1v) is 10.1. The normalized spacial score (nSPS) is 11.7. The number of hydrogen-bond acceptors (Lipinski definition) is 3. The van der Waals surface area contributed by atoms with Gasteiger partial charge in [-0.15, -0.1) is 0 Å². The number of pyridine rings is 1. The molecule has 0 aliphatic heterocycles. The third-order valence-corrected chi connectivity index (χ3v) is 4.71. The van der Waals surface area contributed by atoms with E-state index in [1.165, 1.54) is 0 Å². The SMILES string of the molecule is C[Si](C)(C)CCOCn1ccc2c(C#N)ccnc21. The zero-order valence-electron chi connectivity index (χ0n) is 11.7. The zero-order valence-corrected chi connectivity index (χ0v) is 12.7. The summed E-state index contributed by atoms with van der Waals surface area (Å²) in [6.45, 7) is 8.29. The Morgan fingerprint density at radius 2 is 2.16 bits per heavy atom. The summed E-state index contributed by atoms with van der Waals surface area (Å²) in [6.07, 6.45) is 3.59. The predicted octanol–water partition coefficient (Wildman–Crippen LogP) is 3.22. The summed E-state index contributed by atoms with van der Waals surface area (Å²) in [4.78, 5) is 4.32. The molecule has 0 saturated heterocycles. The molecule has 0 N–H and O–H groups in total. The molecule has 0 radical (unpaired) electrons. The largest absolute Gasteiger partial charge is 0.361 e. The van der Waals surface area contributed by atoms with Gasteiger partial charge in [-0.2, -0.15) is 5.26 Å². The first-order valence-electron chi connectivity index (χ1n) is 6.43. The van der Waals surface area contributed by atoms with Gasteiger partial charge < -0.3 is 9.30 Å². The van der Waals surface area contributed by atoms with Crippen molar-refractivity contribution in [2.24, 2.45) is 0 Å². The quantitative estimate of drug-likeness (QED) is 0.621. The average molecular weight is 273 g/mol. The molecule has 0 fully saturated rings. The average Bonchev–Trinajstić information content (AvgIpc) is 2.76. The number of nitriles is 1. The summed E-state index contributed by atoms with van der Waals surface area (Å²) in [5, 5.41) is 9.92. The van der Waals surface area contributed by atoms with Crippen molar-refractivity contribution in [2.75, 3.05) is 6.61 Å². The van der Waals surface area contributed by atoms with Gasteiger partial charge in [0.05, 0.1) is 11.6 Å². The molecule has 0 aliphatic carbocycles. The van der Waals surface area contributed by atoms with E-state index in [4.69, 9.17) is 10.00 Å². The molecule has 0 amide bonds. The Hall–Kier alpha value is -1.64. The molecule has 2 heterocycles. The number of rotatable bonds is 5. The topological polar surface area (TPSA) is 50.8 Å². The standard InChI is InChI=1S/C14H19N3OSi/c1-19(2,3)9-8-18-11-17-7-5-13-12(10-15)4-6-16-14(13)17/h4-7H,8-9,11H2,1-3H3. The molecule has 4 nitrogen and oxygen atoms in total. The molecule has 5 heteroatoms. The van der Waals surface area contributed by atoms with Crippen LogP contribution < -0.4 is 0 Å². The summed E-state index contributed by atoms with van der Waals surface area (Å²) < 4.78 is 7.66. The van der Waals surface area contributed by atoms with Crippen LogP contribution in [0.15, 0.2) is 24.5 Å². The van der Waals surface area contributed by atoms with E-state index < -0.39 is 8.07 Å². The highest BCUT2D eigenvalue weighted by molar-refractivity contribution is 6.76. The van der Waals surface area contributed by atoms with E-state index in [0.717, 1.165) is 23.7 Å². The summed E-state index contributed by atoms with van der Waals surface area (Å²) in [7, 11) is -1.04. The van der Waals surface area contributed by atoms with Gasteiger partial charge in [0.15, 0.2) is 0 Å². The van der Waals surface area contributed by atoms with Crippen molar-refractivity contribution in [1.29, 1.82) is 5.26 Å². The third kappa shape index (κ3) is 3.43. The molecule has 0 unspecified atom stereocenters. The predicted molar refractivity (Wildman–Crippen MR) is 78.6 cm³/mol. The van der Waals surface area contributed by atoms with Crippen molar-refractivity contribution >= 4 is 19.1 Å². The highest BCUT2D eigenvalue weighted by atomic mass is 28.3. The molecular weight excluding hydrogens is 254 g/mol. The van der Waals surface area contributed by atoms with E-state index in [0.29, 0.717) is 12.3 Å². The molecule has 0 spiro atoms. The highest BCUT2D eigenvalue weighted by Gasteiger charge is 2.12. The Morgan fingerprint density at radius 3 is 2.84 bits per heavy atom. The molecule has 2 aromatic rings. The van der Waals surface area contributed by atoms with Gasteiger partial charge in [-0.25, -0.2) is 4.98 Å². The van der Waals surface area contributed by atoms with E-state index in [2.05, 4.69) is 30.7 Å². The van der Waals surface area contributed by atoms with Crippen LogP contribution in [0.5, 0.6) is 0 Å². The van der Waals surface area contributed by atoms with Gasteiger partial charge in [-0.1, -0.05) is 19.6 Å². The van der Waals surface area contributed by atoms with Crippen molar-refractivity contribution in [1.82, 2.24) is 9.55 Å². The number of hydrogen-bond donors (Lipinski definition) is 0. The van der Waals surface area contributed by atoms with Gasteiger partial charge in [0.25, 0.3) is 0 Å². The maximum absolute atomic E-state index is 9.03. The van der Waals surface area contributed by atoms with Crippen molar-refractivity contribution < 1.29 is 4.74 Å². The van der Waals surface area contributed by atoms with Crippen LogP contribution in [0.3, 0.4) is 0 Å². The Kier molecular flexibility index (Phi) is 4.03. The zero-order chi connectivity index (χ0) is 13.9. The molecule has 0 bridgehead atoms. The van der Waals surface area contributed by atoms with E-state index >= 15 is 0 Å². The summed E-state index contributed by atoms with van der Waals surface area (Å²) >= 11 is 0. The van der Waals surface area contributed by atoms with E-state index in [1.807, 2.05) is 16.8 Å². The van der Waals surface area contributed by atoms with Gasteiger partial charge in [0.2, 0.25) is 0 Å². The molecule has 0 aromatic carbocycles. The lowest BCUT2D eigenvalue weighted by Gasteiger charge is -2.15. The molecule has 0 saturated carbocycles. The molecule has 0 atom stereocenters. The van der Waals surface area contributed by atoms with Crippen LogP contribution in [-0.2, 0) is 11.5 Å². The smallest absolute Gasteiger partial charge is 0.143 e. The molecule has 2 aromatic heterocycles. The maximum atomic E-state index is 9.03. The van der Waals surface area contributed by atoms with Crippen LogP contribution in [0.2, 0.25) is 25.7 Å². The maximum Gasteiger partial charge on any atom is 0.143 e. The van der Waals surface area contributed by atoms with Gasteiger partial charge in [0.1, 0.15) is 12.4 Å². The van der Waals surface area contributed by atoms with Crippen LogP contribution in [-0.4, -0.2) is 24.2 Å². The van der Waals surface area contributed by atoms with Gasteiger partial charge in [0, 0.05) is 32.5 Å². The van der Waals surface area contributed by atoms with Crippen molar-refractivity contribution in [3.05, 3.63) is 30.1 Å². The number of fused-ring (bicyclic) bond motifs is 1. The van der Waals surface area contributed by atoms with Crippen LogP contribution in [0, 0.1) is 11.3 Å². The van der Waals surface area contributed by atoms with Crippen LogP contribution in [0.1, 0.15) is 5.56 Å². The molecule has 100 valence electrons. The first-order chi connectivity index (χ1) is 9.01. The number of ether oxygens (including phenoxy) is 1. The second kappa shape index (κ2) is 5.55. The lowest BCUT2D eigenvalue weighted by Crippen LogP contribution is -2.22. The molecule has 0 aliphatic rings. The lowest BCUT2D eigenvalue weighted by molar-refractivity contribution is 0.0899. The highest BCUT2D eigenvalue weighted by Crippen LogP contribution is 2.17. The van der Waals surface area contributed by atoms with Gasteiger partial charge >= 0.3 is 0 Å². The second-order valence-electron chi connectivity index (χ2n) is 5.84. The van der Waals surface area contributed by atoms with Crippen molar-refractivity contribution in [3.8, 4) is 6.07 Å². The second-order valence-corrected chi connectivity index (χ2v) is 11.5. The van der Waals surface area contributed by atoms with E-state index in [9.17, 15) is 0 Å². The third-order valence-electron chi connectivity index (χ3n) is 3.01. The Bertz CT molecular complexity index is 607. The molecule has 19 heavy (non-hydrogen) atoms. The van der Waals surface area contributed by atoms with E-state index in [-0.39, 0.29) is 0 Å². The van der Waals surface area contributed by atoms with Crippen LogP contribution in [0.25, 0.3) is 11.0 Å². The fourth-order valence-electron chi connectivity index (χ4n) is 1.83. The van der Waals surface area contributed by atoms with Crippen LogP contribution in [0.4, 0.5) is 0 Å². The Morgan fingerprint density at radius 1 is 1.37 bits per heavy atom. The number of nitrogens with zero attached hydrogens (tertiary/aromatic N) is 3. The van der Waals surface area contributed by atoms with Gasteiger partial charge in [-0.05, 0) is 18.2 Å². The summed E-state index contributed by atoms with van der Waals surface area (Å²) in [5.41, 5.74) is 1.47. The lowest BCUT2D eigenvalue weighted by atomic mass is 10.2. The van der Waals surface area contributed by atoms with Gasteiger partial charge in [-0.3, -0.25) is 0 Å². The summed E-state index contributed by atoms with van der Waals surface area (Å²) in [5.74, 6) is 0. The Labute approximate surface area is 114 Å². The fraction of sp³-hybridized carbons (Fsp3) is 0.429. The molecule has 2 rings (SSSR count). The molecular formula is C14H19N3OSi. The van der Waals surface area contributed by atoms with Crippen LogP contribution >= 0.6 is 0 Å².